The lowest BCUT2D eigenvalue weighted by atomic mass is 9.94. The molecule has 2 heteroatoms. The molecule has 0 saturated heterocycles. The highest BCUT2D eigenvalue weighted by atomic mass is 14.9. The number of hydrogen-bond donors (Lipinski definition) is 2. The molecule has 0 saturated carbocycles. The van der Waals surface area contributed by atoms with Gasteiger partial charge in [0.15, 0.2) is 0 Å². The van der Waals surface area contributed by atoms with Gasteiger partial charge in [-0.1, -0.05) is 45.9 Å². The quantitative estimate of drug-likeness (QED) is 0.821. The first kappa shape index (κ1) is 14.2. The molecule has 0 fully saturated rings. The Bertz CT molecular complexity index is 356. The Morgan fingerprint density at radius 1 is 1.18 bits per heavy atom. The minimum absolute atomic E-state index is 0.0797. The van der Waals surface area contributed by atoms with E-state index in [1.807, 2.05) is 0 Å². The number of benzene rings is 1. The summed E-state index contributed by atoms with van der Waals surface area (Å²) in [6.07, 6.45) is 0. The fourth-order valence-corrected chi connectivity index (χ4v) is 1.89. The van der Waals surface area contributed by atoms with Gasteiger partial charge in [0.1, 0.15) is 0 Å². The molecule has 1 atom stereocenters. The van der Waals surface area contributed by atoms with E-state index < -0.39 is 0 Å². The van der Waals surface area contributed by atoms with Gasteiger partial charge in [0.25, 0.3) is 0 Å². The molecule has 0 spiro atoms. The number of nitrogens with one attached hydrogen (secondary N) is 1. The molecule has 1 aromatic carbocycles. The summed E-state index contributed by atoms with van der Waals surface area (Å²) in [4.78, 5) is 0. The van der Waals surface area contributed by atoms with E-state index in [0.29, 0.717) is 12.0 Å². The van der Waals surface area contributed by atoms with Crippen LogP contribution in [-0.4, -0.2) is 12.6 Å². The molecule has 1 rings (SSSR count). The summed E-state index contributed by atoms with van der Waals surface area (Å²) in [5.41, 5.74) is 10.2. The normalized spacial score (nSPS) is 13.4. The molecule has 2 nitrogen and oxygen atoms in total. The Hall–Kier alpha value is -0.860. The summed E-state index contributed by atoms with van der Waals surface area (Å²) in [5.74, 6) is 0.555. The number of nitrogens with two attached hydrogens (primary N) is 1. The van der Waals surface area contributed by atoms with Crippen molar-refractivity contribution >= 4 is 0 Å². The van der Waals surface area contributed by atoms with E-state index in [2.05, 4.69) is 58.1 Å². The third kappa shape index (κ3) is 4.14. The molecule has 1 aromatic rings. The Balaban J connectivity index is 2.84. The van der Waals surface area contributed by atoms with E-state index in [-0.39, 0.29) is 6.04 Å². The van der Waals surface area contributed by atoms with E-state index in [9.17, 15) is 0 Å². The zero-order valence-electron chi connectivity index (χ0n) is 11.7. The highest BCUT2D eigenvalue weighted by Crippen LogP contribution is 2.22. The molecule has 1 unspecified atom stereocenters. The molecular formula is C15H26N2. The van der Waals surface area contributed by atoms with Crippen LogP contribution in [0.25, 0.3) is 0 Å². The maximum atomic E-state index is 6.25. The molecule has 96 valence electrons. The zero-order chi connectivity index (χ0) is 13.0. The highest BCUT2D eigenvalue weighted by molar-refractivity contribution is 5.34. The van der Waals surface area contributed by atoms with Crippen molar-refractivity contribution in [3.63, 3.8) is 0 Å². The second-order valence-corrected chi connectivity index (χ2v) is 5.44. The van der Waals surface area contributed by atoms with E-state index >= 15 is 0 Å². The van der Waals surface area contributed by atoms with Crippen molar-refractivity contribution in [2.45, 2.75) is 52.6 Å². The lowest BCUT2D eigenvalue weighted by molar-refractivity contribution is 0.536. The lowest BCUT2D eigenvalue weighted by Crippen LogP contribution is -2.32. The SMILES string of the molecule is Cc1ccc(C(C)C)cc1C(N)CNC(C)C. The van der Waals surface area contributed by atoms with Crippen LogP contribution in [0.15, 0.2) is 18.2 Å². The summed E-state index contributed by atoms with van der Waals surface area (Å²) in [6.45, 7) is 11.7. The first-order valence-electron chi connectivity index (χ1n) is 6.51. The van der Waals surface area contributed by atoms with E-state index in [4.69, 9.17) is 5.73 Å². The molecule has 0 bridgehead atoms. The molecule has 0 heterocycles. The zero-order valence-corrected chi connectivity index (χ0v) is 11.7. The van der Waals surface area contributed by atoms with Crippen molar-refractivity contribution in [2.24, 2.45) is 5.73 Å². The smallest absolute Gasteiger partial charge is 0.0424 e. The largest absolute Gasteiger partial charge is 0.323 e. The topological polar surface area (TPSA) is 38.0 Å². The molecule has 0 amide bonds. The fraction of sp³-hybridized carbons (Fsp3) is 0.600. The third-order valence-corrected chi connectivity index (χ3v) is 3.12. The predicted octanol–water partition coefficient (Wildman–Crippen LogP) is 3.12. The average molecular weight is 234 g/mol. The van der Waals surface area contributed by atoms with Gasteiger partial charge in [0.2, 0.25) is 0 Å². The fourth-order valence-electron chi connectivity index (χ4n) is 1.89. The van der Waals surface area contributed by atoms with Gasteiger partial charge in [0.05, 0.1) is 0 Å². The first-order chi connectivity index (χ1) is 7.91. The summed E-state index contributed by atoms with van der Waals surface area (Å²) >= 11 is 0. The van der Waals surface area contributed by atoms with Crippen molar-refractivity contribution in [2.75, 3.05) is 6.54 Å². The monoisotopic (exact) mass is 234 g/mol. The van der Waals surface area contributed by atoms with Gasteiger partial charge in [-0.05, 0) is 29.5 Å². The van der Waals surface area contributed by atoms with Crippen molar-refractivity contribution < 1.29 is 0 Å². The van der Waals surface area contributed by atoms with Gasteiger partial charge >= 0.3 is 0 Å². The van der Waals surface area contributed by atoms with Crippen molar-refractivity contribution in [3.8, 4) is 0 Å². The molecule has 0 aliphatic carbocycles. The Morgan fingerprint density at radius 3 is 2.35 bits per heavy atom. The highest BCUT2D eigenvalue weighted by Gasteiger charge is 2.11. The van der Waals surface area contributed by atoms with Gasteiger partial charge in [0, 0.05) is 18.6 Å². The van der Waals surface area contributed by atoms with Crippen LogP contribution < -0.4 is 11.1 Å². The number of aryl methyl sites for hydroxylation is 1. The van der Waals surface area contributed by atoms with Gasteiger partial charge < -0.3 is 11.1 Å². The van der Waals surface area contributed by atoms with Crippen LogP contribution in [0.1, 0.15) is 56.3 Å². The van der Waals surface area contributed by atoms with Gasteiger partial charge in [-0.2, -0.15) is 0 Å². The van der Waals surface area contributed by atoms with Crippen LogP contribution in [0.2, 0.25) is 0 Å². The van der Waals surface area contributed by atoms with E-state index in [1.54, 1.807) is 0 Å². The second kappa shape index (κ2) is 6.18. The number of hydrogen-bond acceptors (Lipinski definition) is 2. The van der Waals surface area contributed by atoms with Crippen LogP contribution in [-0.2, 0) is 0 Å². The van der Waals surface area contributed by atoms with Crippen molar-refractivity contribution in [1.29, 1.82) is 0 Å². The van der Waals surface area contributed by atoms with E-state index in [0.717, 1.165) is 6.54 Å². The van der Waals surface area contributed by atoms with Gasteiger partial charge in [-0.25, -0.2) is 0 Å². The standard InChI is InChI=1S/C15H26N2/c1-10(2)13-7-6-12(5)14(8-13)15(16)9-17-11(3)4/h6-8,10-11,15,17H,9,16H2,1-5H3. The summed E-state index contributed by atoms with van der Waals surface area (Å²) in [5, 5.41) is 3.39. The van der Waals surface area contributed by atoms with E-state index in [1.165, 1.54) is 16.7 Å². The maximum Gasteiger partial charge on any atom is 0.0424 e. The molecular weight excluding hydrogens is 208 g/mol. The third-order valence-electron chi connectivity index (χ3n) is 3.12. The summed E-state index contributed by atoms with van der Waals surface area (Å²) in [6, 6.07) is 7.20. The van der Waals surface area contributed by atoms with Crippen LogP contribution in [0.3, 0.4) is 0 Å². The molecule has 0 radical (unpaired) electrons. The molecule has 3 N–H and O–H groups in total. The minimum atomic E-state index is 0.0797. The molecule has 0 aliphatic rings. The van der Waals surface area contributed by atoms with Crippen molar-refractivity contribution in [1.82, 2.24) is 5.32 Å². The number of rotatable bonds is 5. The average Bonchev–Trinajstić information content (AvgIpc) is 2.26. The Labute approximate surface area is 106 Å². The molecule has 17 heavy (non-hydrogen) atoms. The maximum absolute atomic E-state index is 6.25. The second-order valence-electron chi connectivity index (χ2n) is 5.44. The predicted molar refractivity (Wildman–Crippen MR) is 75.3 cm³/mol. The Kier molecular flexibility index (Phi) is 5.16. The summed E-state index contributed by atoms with van der Waals surface area (Å²) in [7, 11) is 0. The summed E-state index contributed by atoms with van der Waals surface area (Å²) < 4.78 is 0. The lowest BCUT2D eigenvalue weighted by Gasteiger charge is -2.19. The molecule has 0 aromatic heterocycles. The van der Waals surface area contributed by atoms with Crippen LogP contribution in [0.4, 0.5) is 0 Å². The van der Waals surface area contributed by atoms with Crippen molar-refractivity contribution in [3.05, 3.63) is 34.9 Å². The van der Waals surface area contributed by atoms with Gasteiger partial charge in [-0.3, -0.25) is 0 Å². The minimum Gasteiger partial charge on any atom is -0.323 e. The Morgan fingerprint density at radius 2 is 1.82 bits per heavy atom. The van der Waals surface area contributed by atoms with Crippen LogP contribution in [0, 0.1) is 6.92 Å². The molecule has 0 aliphatic heterocycles. The first-order valence-corrected chi connectivity index (χ1v) is 6.51. The van der Waals surface area contributed by atoms with Crippen LogP contribution >= 0.6 is 0 Å². The van der Waals surface area contributed by atoms with Crippen LogP contribution in [0.5, 0.6) is 0 Å². The van der Waals surface area contributed by atoms with Gasteiger partial charge in [-0.15, -0.1) is 0 Å².